The number of benzene rings is 2. The summed E-state index contributed by atoms with van der Waals surface area (Å²) in [6.07, 6.45) is 0. The molecule has 2 aromatic rings. The summed E-state index contributed by atoms with van der Waals surface area (Å²) in [7, 11) is 0. The summed E-state index contributed by atoms with van der Waals surface area (Å²) >= 11 is 6.13. The van der Waals surface area contributed by atoms with Crippen LogP contribution < -0.4 is 9.47 Å². The van der Waals surface area contributed by atoms with Gasteiger partial charge < -0.3 is 18.9 Å². The quantitative estimate of drug-likeness (QED) is 0.765. The van der Waals surface area contributed by atoms with Crippen molar-refractivity contribution in [3.05, 3.63) is 58.1 Å². The molecule has 0 N–H and O–H groups in total. The molecule has 0 aromatic heterocycles. The maximum Gasteiger partial charge on any atom is 0.338 e. The monoisotopic (exact) mass is 348 g/mol. The van der Waals surface area contributed by atoms with E-state index in [0.717, 1.165) is 16.9 Å². The number of halogens is 1. The number of hydrogen-bond donors (Lipinski definition) is 0. The van der Waals surface area contributed by atoms with Crippen molar-refractivity contribution in [3.8, 4) is 11.5 Å². The van der Waals surface area contributed by atoms with Gasteiger partial charge in [-0.25, -0.2) is 4.79 Å². The molecule has 1 aliphatic rings. The molecule has 0 saturated heterocycles. The topological polar surface area (TPSA) is 54.0 Å². The standard InChI is InChI=1S/C18H17ClO5/c1-2-22-18(20)12-3-5-16(6-4-12)23-10-14-8-15(19)7-13-9-21-11-24-17(13)14/h3-8H,2,9-11H2,1H3. The van der Waals surface area contributed by atoms with Crippen LogP contribution in [0.3, 0.4) is 0 Å². The van der Waals surface area contributed by atoms with E-state index < -0.39 is 0 Å². The molecule has 126 valence electrons. The zero-order valence-corrected chi connectivity index (χ0v) is 14.0. The van der Waals surface area contributed by atoms with Gasteiger partial charge in [0.2, 0.25) is 0 Å². The van der Waals surface area contributed by atoms with Gasteiger partial charge in [0.15, 0.2) is 6.79 Å². The Bertz CT molecular complexity index is 727. The Morgan fingerprint density at radius 2 is 2.04 bits per heavy atom. The summed E-state index contributed by atoms with van der Waals surface area (Å²) in [5.74, 6) is 1.05. The molecule has 3 rings (SSSR count). The Balaban J connectivity index is 1.70. The van der Waals surface area contributed by atoms with Gasteiger partial charge in [-0.05, 0) is 43.3 Å². The fourth-order valence-electron chi connectivity index (χ4n) is 2.43. The molecule has 0 spiro atoms. The van der Waals surface area contributed by atoms with Crippen molar-refractivity contribution >= 4 is 17.6 Å². The first kappa shape index (κ1) is 16.6. The Hall–Kier alpha value is -2.24. The smallest absolute Gasteiger partial charge is 0.338 e. The van der Waals surface area contributed by atoms with Crippen LogP contribution in [-0.4, -0.2) is 19.4 Å². The van der Waals surface area contributed by atoms with Crippen LogP contribution in [0.2, 0.25) is 5.02 Å². The van der Waals surface area contributed by atoms with E-state index in [1.165, 1.54) is 0 Å². The van der Waals surface area contributed by atoms with Crippen molar-refractivity contribution in [2.45, 2.75) is 20.1 Å². The van der Waals surface area contributed by atoms with E-state index in [1.807, 2.05) is 12.1 Å². The van der Waals surface area contributed by atoms with E-state index in [9.17, 15) is 4.79 Å². The molecule has 0 atom stereocenters. The summed E-state index contributed by atoms with van der Waals surface area (Å²) in [5.41, 5.74) is 2.25. The number of ether oxygens (including phenoxy) is 4. The number of fused-ring (bicyclic) bond motifs is 1. The zero-order valence-electron chi connectivity index (χ0n) is 13.2. The lowest BCUT2D eigenvalue weighted by molar-refractivity contribution is -0.0175. The summed E-state index contributed by atoms with van der Waals surface area (Å²) in [6.45, 7) is 3.11. The van der Waals surface area contributed by atoms with E-state index >= 15 is 0 Å². The van der Waals surface area contributed by atoms with Crippen molar-refractivity contribution in [1.29, 1.82) is 0 Å². The minimum atomic E-state index is -0.346. The Labute approximate surface area is 145 Å². The molecule has 0 aliphatic carbocycles. The molecule has 24 heavy (non-hydrogen) atoms. The van der Waals surface area contributed by atoms with Gasteiger partial charge in [-0.15, -0.1) is 0 Å². The predicted molar refractivity (Wildman–Crippen MR) is 88.5 cm³/mol. The molecule has 1 aliphatic heterocycles. The second-order valence-corrected chi connectivity index (χ2v) is 5.63. The van der Waals surface area contributed by atoms with E-state index in [2.05, 4.69) is 0 Å². The highest BCUT2D eigenvalue weighted by Gasteiger charge is 2.17. The van der Waals surface area contributed by atoms with Crippen LogP contribution in [0.5, 0.6) is 11.5 Å². The van der Waals surface area contributed by atoms with E-state index in [1.54, 1.807) is 31.2 Å². The first-order valence-electron chi connectivity index (χ1n) is 7.59. The van der Waals surface area contributed by atoms with Gasteiger partial charge in [-0.2, -0.15) is 0 Å². The Kier molecular flexibility index (Phi) is 5.23. The van der Waals surface area contributed by atoms with Gasteiger partial charge in [-0.3, -0.25) is 0 Å². The Morgan fingerprint density at radius 1 is 1.25 bits per heavy atom. The molecule has 1 heterocycles. The molecule has 2 aromatic carbocycles. The van der Waals surface area contributed by atoms with Crippen LogP contribution in [0.4, 0.5) is 0 Å². The van der Waals surface area contributed by atoms with Gasteiger partial charge in [0, 0.05) is 16.1 Å². The highest BCUT2D eigenvalue weighted by Crippen LogP contribution is 2.32. The van der Waals surface area contributed by atoms with Crippen LogP contribution in [0.15, 0.2) is 36.4 Å². The third-order valence-electron chi connectivity index (χ3n) is 3.51. The van der Waals surface area contributed by atoms with E-state index in [-0.39, 0.29) is 12.8 Å². The van der Waals surface area contributed by atoms with Crippen molar-refractivity contribution in [2.75, 3.05) is 13.4 Å². The number of esters is 1. The number of carbonyl (C=O) groups excluding carboxylic acids is 1. The van der Waals surface area contributed by atoms with Crippen molar-refractivity contribution in [1.82, 2.24) is 0 Å². The fourth-order valence-corrected chi connectivity index (χ4v) is 2.69. The van der Waals surface area contributed by atoms with Crippen molar-refractivity contribution < 1.29 is 23.7 Å². The zero-order chi connectivity index (χ0) is 16.9. The summed E-state index contributed by atoms with van der Waals surface area (Å²) in [6, 6.07) is 10.4. The second kappa shape index (κ2) is 7.55. The SMILES string of the molecule is CCOC(=O)c1ccc(OCc2cc(Cl)cc3c2OCOC3)cc1. The van der Waals surface area contributed by atoms with E-state index in [4.69, 9.17) is 30.5 Å². The number of hydrogen-bond acceptors (Lipinski definition) is 5. The van der Waals surface area contributed by atoms with Gasteiger partial charge >= 0.3 is 5.97 Å². The van der Waals surface area contributed by atoms with Gasteiger partial charge in [0.1, 0.15) is 18.1 Å². The molecule has 0 saturated carbocycles. The summed E-state index contributed by atoms with van der Waals surface area (Å²) in [5, 5.41) is 0.610. The van der Waals surface area contributed by atoms with Crippen LogP contribution >= 0.6 is 11.6 Å². The normalized spacial score (nSPS) is 12.9. The van der Waals surface area contributed by atoms with Crippen LogP contribution in [0, 0.1) is 0 Å². The minimum Gasteiger partial charge on any atom is -0.489 e. The molecule has 6 heteroatoms. The Morgan fingerprint density at radius 3 is 2.79 bits per heavy atom. The van der Waals surface area contributed by atoms with Gasteiger partial charge in [-0.1, -0.05) is 11.6 Å². The molecule has 5 nitrogen and oxygen atoms in total. The lowest BCUT2D eigenvalue weighted by atomic mass is 10.1. The average Bonchev–Trinajstić information content (AvgIpc) is 2.60. The van der Waals surface area contributed by atoms with E-state index in [0.29, 0.717) is 36.2 Å². The molecule has 0 unspecified atom stereocenters. The van der Waals surface area contributed by atoms with Crippen LogP contribution in [0.25, 0.3) is 0 Å². The largest absolute Gasteiger partial charge is 0.489 e. The predicted octanol–water partition coefficient (Wildman–Crippen LogP) is 3.96. The highest BCUT2D eigenvalue weighted by atomic mass is 35.5. The minimum absolute atomic E-state index is 0.218. The molecule has 0 bridgehead atoms. The maximum absolute atomic E-state index is 11.6. The first-order chi connectivity index (χ1) is 11.7. The van der Waals surface area contributed by atoms with Crippen molar-refractivity contribution in [2.24, 2.45) is 0 Å². The van der Waals surface area contributed by atoms with Gasteiger partial charge in [0.25, 0.3) is 0 Å². The molecule has 0 fully saturated rings. The van der Waals surface area contributed by atoms with Crippen molar-refractivity contribution in [3.63, 3.8) is 0 Å². The summed E-state index contributed by atoms with van der Waals surface area (Å²) in [4.78, 5) is 11.6. The lowest BCUT2D eigenvalue weighted by Crippen LogP contribution is -2.14. The van der Waals surface area contributed by atoms with Crippen LogP contribution in [-0.2, 0) is 22.7 Å². The molecule has 0 amide bonds. The third-order valence-corrected chi connectivity index (χ3v) is 3.73. The first-order valence-corrected chi connectivity index (χ1v) is 7.97. The molecular weight excluding hydrogens is 332 g/mol. The fraction of sp³-hybridized carbons (Fsp3) is 0.278. The molecular formula is C18H17ClO5. The van der Waals surface area contributed by atoms with Crippen LogP contribution in [0.1, 0.15) is 28.4 Å². The second-order valence-electron chi connectivity index (χ2n) is 5.20. The summed E-state index contributed by atoms with van der Waals surface area (Å²) < 4.78 is 21.5. The third kappa shape index (κ3) is 3.80. The number of rotatable bonds is 5. The van der Waals surface area contributed by atoms with Gasteiger partial charge in [0.05, 0.1) is 18.8 Å². The highest BCUT2D eigenvalue weighted by molar-refractivity contribution is 6.30. The number of carbonyl (C=O) groups is 1. The maximum atomic E-state index is 11.6. The lowest BCUT2D eigenvalue weighted by Gasteiger charge is -2.21. The average molecular weight is 349 g/mol. The molecule has 0 radical (unpaired) electrons.